The Balaban J connectivity index is 1.17. The summed E-state index contributed by atoms with van der Waals surface area (Å²) in [5.41, 5.74) is 1.95. The Bertz CT molecular complexity index is 1420. The fourth-order valence-corrected chi connectivity index (χ4v) is 7.36. The molecule has 1 aromatic carbocycles. The number of nitrogens with one attached hydrogen (secondary N) is 1. The number of hydroxylamine groups is 2. The van der Waals surface area contributed by atoms with Crippen molar-refractivity contribution in [3.05, 3.63) is 76.0 Å². The maximum absolute atomic E-state index is 13.9. The van der Waals surface area contributed by atoms with Crippen LogP contribution in [-0.2, 0) is 9.53 Å². The number of piperazine rings is 1. The van der Waals surface area contributed by atoms with Gasteiger partial charge in [-0.15, -0.1) is 0 Å². The molecule has 11 heteroatoms. The lowest BCUT2D eigenvalue weighted by atomic mass is 9.80. The van der Waals surface area contributed by atoms with Crippen LogP contribution in [0.25, 0.3) is 0 Å². The van der Waals surface area contributed by atoms with Crippen LogP contribution in [0.3, 0.4) is 0 Å². The topological polar surface area (TPSA) is 93.5 Å². The Morgan fingerprint density at radius 2 is 1.76 bits per heavy atom. The summed E-state index contributed by atoms with van der Waals surface area (Å²) >= 11 is 6.50. The molecule has 2 N–H and O–H groups in total. The van der Waals surface area contributed by atoms with Gasteiger partial charge in [-0.3, -0.25) is 19.7 Å². The van der Waals surface area contributed by atoms with Crippen LogP contribution in [-0.4, -0.2) is 99.7 Å². The predicted molar refractivity (Wildman–Crippen MR) is 179 cm³/mol. The van der Waals surface area contributed by atoms with Crippen LogP contribution in [0.4, 0.5) is 4.39 Å². The fourth-order valence-electron chi connectivity index (χ4n) is 7.09. The second-order valence-corrected chi connectivity index (χ2v) is 14.4. The van der Waals surface area contributed by atoms with E-state index >= 15 is 0 Å². The summed E-state index contributed by atoms with van der Waals surface area (Å²) in [6.45, 7) is 15.7. The molecule has 0 amide bonds. The Kier molecular flexibility index (Phi) is 11.0. The number of amidine groups is 1. The van der Waals surface area contributed by atoms with Crippen molar-refractivity contribution < 1.29 is 19.1 Å². The lowest BCUT2D eigenvalue weighted by molar-refractivity contribution is -0.261. The lowest BCUT2D eigenvalue weighted by Crippen LogP contribution is -2.60. The number of unbranched alkanes of at least 4 members (excludes halogenated alkanes) is 1. The van der Waals surface area contributed by atoms with Crippen LogP contribution in [0.15, 0.2) is 58.9 Å². The number of Topliss-reactive ketones (excluding diaryl/α,β-unsaturated/α-hetero) is 1. The smallest absolute Gasteiger partial charge is 0.160 e. The maximum Gasteiger partial charge on any atom is 0.160 e. The number of carbonyl (C=O) groups is 1. The van der Waals surface area contributed by atoms with Gasteiger partial charge in [0.15, 0.2) is 11.6 Å². The zero-order chi connectivity index (χ0) is 33.1. The molecule has 0 aliphatic carbocycles. The number of ketones is 1. The highest BCUT2D eigenvalue weighted by molar-refractivity contribution is 6.31. The van der Waals surface area contributed by atoms with Gasteiger partial charge in [0, 0.05) is 78.5 Å². The Labute approximate surface area is 277 Å². The van der Waals surface area contributed by atoms with E-state index in [0.717, 1.165) is 70.7 Å². The minimum Gasteiger partial charge on any atom is -0.378 e. The number of hydrogen-bond donors (Lipinski definition) is 2. The molecule has 0 radical (unpaired) electrons. The SMILES string of the molecule is CC(=O)C1=C(CN2CCN(CCCCOC3CC(C)(C)N(O)C(C)(C)C3)CC2)NC(c2ccccn2)=NC1c1ccc(F)cc1Cl. The van der Waals surface area contributed by atoms with Gasteiger partial charge in [0.2, 0.25) is 0 Å². The largest absolute Gasteiger partial charge is 0.378 e. The molecule has 2 aromatic rings. The number of rotatable bonds is 11. The number of ether oxygens (including phenoxy) is 1. The minimum absolute atomic E-state index is 0.105. The summed E-state index contributed by atoms with van der Waals surface area (Å²) in [5.74, 6) is 0.0134. The number of halogens is 2. The number of piperidine rings is 1. The van der Waals surface area contributed by atoms with Crippen molar-refractivity contribution in [2.75, 3.05) is 45.9 Å². The highest BCUT2D eigenvalue weighted by atomic mass is 35.5. The average Bonchev–Trinajstić information content (AvgIpc) is 3.00. The van der Waals surface area contributed by atoms with E-state index in [0.29, 0.717) is 29.2 Å². The minimum atomic E-state index is -0.671. The highest BCUT2D eigenvalue weighted by Gasteiger charge is 2.45. The van der Waals surface area contributed by atoms with E-state index in [2.05, 4.69) is 47.8 Å². The molecule has 3 aliphatic rings. The first-order valence-corrected chi connectivity index (χ1v) is 16.7. The average molecular weight is 655 g/mol. The van der Waals surface area contributed by atoms with Gasteiger partial charge in [-0.05, 0) is 91.1 Å². The second kappa shape index (κ2) is 14.6. The van der Waals surface area contributed by atoms with Gasteiger partial charge in [-0.1, -0.05) is 23.7 Å². The quantitative estimate of drug-likeness (QED) is 0.301. The summed E-state index contributed by atoms with van der Waals surface area (Å²) in [7, 11) is 0. The van der Waals surface area contributed by atoms with Crippen LogP contribution in [0.1, 0.15) is 77.6 Å². The molecule has 1 unspecified atom stereocenters. The van der Waals surface area contributed by atoms with Crippen molar-refractivity contribution in [1.29, 1.82) is 0 Å². The van der Waals surface area contributed by atoms with E-state index in [1.54, 1.807) is 19.2 Å². The Hall–Kier alpha value is -2.73. The third-order valence-corrected chi connectivity index (χ3v) is 9.67. The van der Waals surface area contributed by atoms with Crippen molar-refractivity contribution in [2.24, 2.45) is 4.99 Å². The molecule has 0 saturated carbocycles. The van der Waals surface area contributed by atoms with E-state index < -0.39 is 11.9 Å². The predicted octanol–water partition coefficient (Wildman–Crippen LogP) is 5.63. The number of pyridine rings is 1. The summed E-state index contributed by atoms with van der Waals surface area (Å²) in [4.78, 5) is 27.3. The molecule has 2 saturated heterocycles. The standard InChI is InChI=1S/C35H48ClFN6O3/c1-24(44)31-30(39-33(29-10-6-7-13-38-29)40-32(31)27-12-11-25(37)20-28(27)36)23-42-17-15-41(16-18-42)14-8-9-19-46-26-21-34(2,3)43(45)35(4,5)22-26/h6-7,10-13,20,26,32,45H,8-9,14-19,21-23H2,1-5H3,(H,39,40). The maximum atomic E-state index is 13.9. The summed E-state index contributed by atoms with van der Waals surface area (Å²) in [6, 6.07) is 9.15. The zero-order valence-electron chi connectivity index (χ0n) is 27.7. The molecule has 9 nitrogen and oxygen atoms in total. The summed E-state index contributed by atoms with van der Waals surface area (Å²) in [5, 5.41) is 15.7. The number of benzene rings is 1. The Morgan fingerprint density at radius 1 is 1.07 bits per heavy atom. The van der Waals surface area contributed by atoms with Crippen LogP contribution in [0.5, 0.6) is 0 Å². The molecule has 1 atom stereocenters. The third kappa shape index (κ3) is 8.21. The van der Waals surface area contributed by atoms with Gasteiger partial charge in [-0.25, -0.2) is 4.39 Å². The number of aromatic nitrogens is 1. The number of aliphatic imine (C=N–C) groups is 1. The summed E-state index contributed by atoms with van der Waals surface area (Å²) < 4.78 is 20.2. The van der Waals surface area contributed by atoms with E-state index in [1.165, 1.54) is 17.2 Å². The molecule has 2 fully saturated rings. The molecule has 250 valence electrons. The summed E-state index contributed by atoms with van der Waals surface area (Å²) in [6.07, 6.45) is 5.56. The van der Waals surface area contributed by atoms with Crippen LogP contribution >= 0.6 is 11.6 Å². The molecule has 0 spiro atoms. The van der Waals surface area contributed by atoms with Crippen molar-refractivity contribution in [2.45, 2.75) is 83.5 Å². The van der Waals surface area contributed by atoms with Crippen molar-refractivity contribution >= 4 is 23.2 Å². The fraction of sp³-hybridized carbons (Fsp3) is 0.571. The normalized spacial score (nSPS) is 22.9. The van der Waals surface area contributed by atoms with Crippen molar-refractivity contribution in [3.8, 4) is 0 Å². The molecule has 1 aromatic heterocycles. The van der Waals surface area contributed by atoms with Gasteiger partial charge in [0.05, 0.1) is 6.10 Å². The number of nitrogens with zero attached hydrogens (tertiary/aromatic N) is 5. The van der Waals surface area contributed by atoms with Gasteiger partial charge < -0.3 is 20.2 Å². The number of hydrogen-bond acceptors (Lipinski definition) is 9. The third-order valence-electron chi connectivity index (χ3n) is 9.34. The Morgan fingerprint density at radius 3 is 2.39 bits per heavy atom. The second-order valence-electron chi connectivity index (χ2n) is 14.0. The zero-order valence-corrected chi connectivity index (χ0v) is 28.5. The molecular weight excluding hydrogens is 607 g/mol. The first kappa shape index (κ1) is 34.6. The van der Waals surface area contributed by atoms with Gasteiger partial charge in [0.25, 0.3) is 0 Å². The first-order valence-electron chi connectivity index (χ1n) is 16.3. The van der Waals surface area contributed by atoms with E-state index in [9.17, 15) is 14.4 Å². The molecular formula is C35H48ClFN6O3. The van der Waals surface area contributed by atoms with E-state index in [1.807, 2.05) is 18.2 Å². The highest BCUT2D eigenvalue weighted by Crippen LogP contribution is 2.38. The molecule has 5 rings (SSSR count). The lowest BCUT2D eigenvalue weighted by Gasteiger charge is -2.51. The first-order chi connectivity index (χ1) is 21.8. The van der Waals surface area contributed by atoms with Crippen molar-refractivity contribution in [1.82, 2.24) is 25.2 Å². The van der Waals surface area contributed by atoms with E-state index in [-0.39, 0.29) is 28.0 Å². The van der Waals surface area contributed by atoms with Crippen LogP contribution in [0, 0.1) is 5.82 Å². The monoisotopic (exact) mass is 654 g/mol. The molecule has 0 bridgehead atoms. The van der Waals surface area contributed by atoms with Crippen LogP contribution < -0.4 is 5.32 Å². The van der Waals surface area contributed by atoms with E-state index in [4.69, 9.17) is 21.3 Å². The molecule has 3 aliphatic heterocycles. The van der Waals surface area contributed by atoms with Crippen LogP contribution in [0.2, 0.25) is 5.02 Å². The number of carbonyl (C=O) groups excluding carboxylic acids is 1. The van der Waals surface area contributed by atoms with Gasteiger partial charge in [0.1, 0.15) is 17.6 Å². The van der Waals surface area contributed by atoms with Gasteiger partial charge in [-0.2, -0.15) is 5.06 Å². The van der Waals surface area contributed by atoms with Gasteiger partial charge >= 0.3 is 0 Å². The molecule has 4 heterocycles. The van der Waals surface area contributed by atoms with Crippen molar-refractivity contribution in [3.63, 3.8) is 0 Å². The molecule has 46 heavy (non-hydrogen) atoms.